The number of benzene rings is 4. The summed E-state index contributed by atoms with van der Waals surface area (Å²) in [6.07, 6.45) is 0.696. The summed E-state index contributed by atoms with van der Waals surface area (Å²) in [6, 6.07) is 32.3. The number of thiazole rings is 1. The number of hydrogen-bond donors (Lipinski definition) is 2. The maximum atomic E-state index is 13.5. The Balaban J connectivity index is 1.16. The molecule has 45 heavy (non-hydrogen) atoms. The Bertz CT molecular complexity index is 2040. The Morgan fingerprint density at radius 2 is 1.73 bits per heavy atom. The highest BCUT2D eigenvalue weighted by Gasteiger charge is 2.25. The molecule has 0 fully saturated rings. The van der Waals surface area contributed by atoms with E-state index in [1.165, 1.54) is 11.3 Å². The van der Waals surface area contributed by atoms with Gasteiger partial charge in [0, 0.05) is 24.2 Å². The smallest absolute Gasteiger partial charge is 0.355 e. The zero-order valence-electron chi connectivity index (χ0n) is 24.4. The fraction of sp³-hybridized carbons (Fsp3) is 0.111. The molecule has 0 saturated carbocycles. The summed E-state index contributed by atoms with van der Waals surface area (Å²) in [4.78, 5) is 37.1. The van der Waals surface area contributed by atoms with Gasteiger partial charge in [-0.25, -0.2) is 14.8 Å². The predicted molar refractivity (Wildman–Crippen MR) is 177 cm³/mol. The Hall–Kier alpha value is -5.54. The molecule has 6 aromatic rings. The van der Waals surface area contributed by atoms with E-state index in [1.54, 1.807) is 6.07 Å². The zero-order chi connectivity index (χ0) is 30.9. The second-order valence-corrected chi connectivity index (χ2v) is 11.9. The van der Waals surface area contributed by atoms with Gasteiger partial charge in [0.15, 0.2) is 10.8 Å². The van der Waals surface area contributed by atoms with Gasteiger partial charge in [0.25, 0.3) is 5.91 Å². The van der Waals surface area contributed by atoms with Crippen LogP contribution in [0.1, 0.15) is 37.5 Å². The summed E-state index contributed by atoms with van der Waals surface area (Å²) in [5.41, 5.74) is 5.47. The average molecular weight is 613 g/mol. The molecule has 0 saturated heterocycles. The van der Waals surface area contributed by atoms with Crippen LogP contribution in [0.5, 0.6) is 11.5 Å². The van der Waals surface area contributed by atoms with Crippen LogP contribution in [0.15, 0.2) is 103 Å². The van der Waals surface area contributed by atoms with Crippen molar-refractivity contribution in [2.24, 2.45) is 0 Å². The molecule has 9 heteroatoms. The Morgan fingerprint density at radius 1 is 0.911 bits per heavy atom. The molecule has 3 heterocycles. The molecule has 8 nitrogen and oxygen atoms in total. The molecule has 1 aliphatic heterocycles. The van der Waals surface area contributed by atoms with Crippen molar-refractivity contribution in [3.63, 3.8) is 0 Å². The minimum atomic E-state index is -1.12. The molecule has 1 amide bonds. The van der Waals surface area contributed by atoms with Crippen LogP contribution in [0.3, 0.4) is 0 Å². The maximum absolute atomic E-state index is 13.5. The van der Waals surface area contributed by atoms with E-state index in [9.17, 15) is 14.7 Å². The van der Waals surface area contributed by atoms with E-state index in [2.05, 4.69) is 15.3 Å². The van der Waals surface area contributed by atoms with Crippen molar-refractivity contribution in [3.05, 3.63) is 131 Å². The van der Waals surface area contributed by atoms with Crippen molar-refractivity contribution >= 4 is 44.4 Å². The number of carbonyl (C=O) groups excluding carboxylic acids is 1. The molecule has 4 aromatic carbocycles. The van der Waals surface area contributed by atoms with E-state index in [0.717, 1.165) is 26.9 Å². The Kier molecular flexibility index (Phi) is 7.44. The van der Waals surface area contributed by atoms with Gasteiger partial charge in [0.05, 0.1) is 10.2 Å². The van der Waals surface area contributed by atoms with Gasteiger partial charge in [-0.05, 0) is 84.1 Å². The highest BCUT2D eigenvalue weighted by Crippen LogP contribution is 2.34. The third kappa shape index (κ3) is 5.73. The summed E-state index contributed by atoms with van der Waals surface area (Å²) < 4.78 is 7.10. The fourth-order valence-electron chi connectivity index (χ4n) is 5.59. The molecule has 0 radical (unpaired) electrons. The van der Waals surface area contributed by atoms with E-state index in [4.69, 9.17) is 4.74 Å². The first-order valence-electron chi connectivity index (χ1n) is 14.5. The number of aryl methyl sites for hydroxylation is 1. The van der Waals surface area contributed by atoms with Crippen LogP contribution >= 0.6 is 11.3 Å². The standard InChI is InChI=1S/C36H28N4O4S/c1-22-14-15-24(20-30(22)44-25-9-3-2-4-10-25)26-16-17-32(38-33(26)35(42)43)40-19-18-23-8-7-11-27(28(23)21-40)34(41)39-36-37-29-12-5-6-13-31(29)45-36/h2-17,20H,18-19,21H2,1H3,(H,42,43)(H,37,39,41). The number of nitrogens with zero attached hydrogens (tertiary/aromatic N) is 3. The van der Waals surface area contributed by atoms with Crippen LogP contribution in [0.25, 0.3) is 21.3 Å². The number of anilines is 2. The number of carboxylic acids is 1. The molecule has 2 aromatic heterocycles. The van der Waals surface area contributed by atoms with Gasteiger partial charge in [-0.15, -0.1) is 0 Å². The number of pyridine rings is 1. The number of hydrogen-bond acceptors (Lipinski definition) is 7. The third-order valence-electron chi connectivity index (χ3n) is 7.91. The molecular weight excluding hydrogens is 584 g/mol. The number of nitrogens with one attached hydrogen (secondary N) is 1. The first-order valence-corrected chi connectivity index (χ1v) is 15.4. The number of amides is 1. The normalized spacial score (nSPS) is 12.5. The lowest BCUT2D eigenvalue weighted by molar-refractivity contribution is 0.0691. The molecule has 0 aliphatic carbocycles. The van der Waals surface area contributed by atoms with E-state index in [0.29, 0.717) is 58.6 Å². The monoisotopic (exact) mass is 612 g/mol. The van der Waals surface area contributed by atoms with Gasteiger partial charge in [-0.2, -0.15) is 0 Å². The number of rotatable bonds is 7. The van der Waals surface area contributed by atoms with Gasteiger partial charge in [0.2, 0.25) is 0 Å². The van der Waals surface area contributed by atoms with Crippen LogP contribution in [0, 0.1) is 6.92 Å². The van der Waals surface area contributed by atoms with Gasteiger partial charge < -0.3 is 14.7 Å². The minimum Gasteiger partial charge on any atom is -0.476 e. The number of fused-ring (bicyclic) bond motifs is 2. The van der Waals surface area contributed by atoms with Crippen molar-refractivity contribution in [2.45, 2.75) is 19.9 Å². The topological polar surface area (TPSA) is 105 Å². The van der Waals surface area contributed by atoms with E-state index in [-0.39, 0.29) is 11.6 Å². The molecule has 0 bridgehead atoms. The quantitative estimate of drug-likeness (QED) is 0.188. The number of carboxylic acid groups (broad SMARTS) is 1. The summed E-state index contributed by atoms with van der Waals surface area (Å²) in [5.74, 6) is 0.532. The number of carbonyl (C=O) groups is 2. The highest BCUT2D eigenvalue weighted by atomic mass is 32.1. The molecule has 2 N–H and O–H groups in total. The van der Waals surface area contributed by atoms with E-state index >= 15 is 0 Å². The van der Waals surface area contributed by atoms with E-state index < -0.39 is 5.97 Å². The van der Waals surface area contributed by atoms with Gasteiger partial charge in [-0.3, -0.25) is 10.1 Å². The number of aromatic carboxylic acids is 1. The SMILES string of the molecule is Cc1ccc(-c2ccc(N3CCc4cccc(C(=O)Nc5nc6ccccc6s5)c4C3)nc2C(=O)O)cc1Oc1ccccc1. The number of para-hydroxylation sites is 2. The van der Waals surface area contributed by atoms with Crippen molar-refractivity contribution in [1.29, 1.82) is 0 Å². The largest absolute Gasteiger partial charge is 0.476 e. The van der Waals surface area contributed by atoms with Crippen molar-refractivity contribution < 1.29 is 19.4 Å². The molecule has 222 valence electrons. The zero-order valence-corrected chi connectivity index (χ0v) is 25.2. The second kappa shape index (κ2) is 11.9. The molecule has 7 rings (SSSR count). The Morgan fingerprint density at radius 3 is 2.56 bits per heavy atom. The molecule has 0 atom stereocenters. The maximum Gasteiger partial charge on any atom is 0.355 e. The van der Waals surface area contributed by atoms with Crippen LogP contribution in [-0.2, 0) is 13.0 Å². The van der Waals surface area contributed by atoms with Crippen LogP contribution in [0.2, 0.25) is 0 Å². The van der Waals surface area contributed by atoms with Crippen LogP contribution in [-0.4, -0.2) is 33.5 Å². The lowest BCUT2D eigenvalue weighted by Crippen LogP contribution is -2.33. The van der Waals surface area contributed by atoms with Crippen LogP contribution < -0.4 is 15.0 Å². The first-order chi connectivity index (χ1) is 21.9. The lowest BCUT2D eigenvalue weighted by Gasteiger charge is -2.31. The second-order valence-electron chi connectivity index (χ2n) is 10.8. The van der Waals surface area contributed by atoms with Gasteiger partial charge >= 0.3 is 5.97 Å². The van der Waals surface area contributed by atoms with Crippen molar-refractivity contribution in [3.8, 4) is 22.6 Å². The summed E-state index contributed by atoms with van der Waals surface area (Å²) in [7, 11) is 0. The lowest BCUT2D eigenvalue weighted by atomic mass is 9.94. The highest BCUT2D eigenvalue weighted by molar-refractivity contribution is 7.22. The van der Waals surface area contributed by atoms with Crippen LogP contribution in [0.4, 0.5) is 10.9 Å². The van der Waals surface area contributed by atoms with Gasteiger partial charge in [-0.1, -0.05) is 65.9 Å². The summed E-state index contributed by atoms with van der Waals surface area (Å²) in [5, 5.41) is 13.7. The minimum absolute atomic E-state index is 0.0466. The number of aromatic nitrogens is 2. The fourth-order valence-corrected chi connectivity index (χ4v) is 6.45. The number of ether oxygens (including phenoxy) is 1. The molecule has 0 unspecified atom stereocenters. The van der Waals surface area contributed by atoms with Gasteiger partial charge in [0.1, 0.15) is 17.3 Å². The first kappa shape index (κ1) is 28.2. The van der Waals surface area contributed by atoms with Crippen molar-refractivity contribution in [2.75, 3.05) is 16.8 Å². The molecular formula is C36H28N4O4S. The Labute approximate surface area is 263 Å². The predicted octanol–water partition coefficient (Wildman–Crippen LogP) is 7.97. The van der Waals surface area contributed by atoms with E-state index in [1.807, 2.05) is 109 Å². The summed E-state index contributed by atoms with van der Waals surface area (Å²) in [6.45, 7) is 3.01. The van der Waals surface area contributed by atoms with Crippen molar-refractivity contribution in [1.82, 2.24) is 9.97 Å². The summed E-state index contributed by atoms with van der Waals surface area (Å²) >= 11 is 1.43. The third-order valence-corrected chi connectivity index (χ3v) is 8.86. The molecule has 1 aliphatic rings. The molecule has 0 spiro atoms. The average Bonchev–Trinajstić information content (AvgIpc) is 3.48.